The smallest absolute Gasteiger partial charge is 0.326 e. The van der Waals surface area contributed by atoms with Gasteiger partial charge in [0.15, 0.2) is 0 Å². The summed E-state index contributed by atoms with van der Waals surface area (Å²) in [4.78, 5) is 23.7. The van der Waals surface area contributed by atoms with Crippen LogP contribution in [0.2, 0.25) is 5.02 Å². The molecule has 0 saturated carbocycles. The molecule has 0 radical (unpaired) electrons. The Kier molecular flexibility index (Phi) is 5.20. The van der Waals surface area contributed by atoms with Gasteiger partial charge in [0.25, 0.3) is 5.91 Å². The fourth-order valence-corrected chi connectivity index (χ4v) is 2.66. The number of benzene rings is 1. The Morgan fingerprint density at radius 2 is 2.24 bits per heavy atom. The molecule has 0 aliphatic carbocycles. The molecule has 0 bridgehead atoms. The minimum absolute atomic E-state index is 0.219. The summed E-state index contributed by atoms with van der Waals surface area (Å²) in [5.74, 6) is -1.74. The number of rotatable bonds is 4. The molecule has 5 nitrogen and oxygen atoms in total. The molecule has 0 spiro atoms. The van der Waals surface area contributed by atoms with Gasteiger partial charge < -0.3 is 15.2 Å². The predicted octanol–water partition coefficient (Wildman–Crippen LogP) is 2.26. The Morgan fingerprint density at radius 1 is 1.48 bits per heavy atom. The number of hydrogen-bond donors (Lipinski definition) is 2. The number of carbonyl (C=O) groups excluding carboxylic acids is 1. The third kappa shape index (κ3) is 3.74. The molecule has 1 fully saturated rings. The van der Waals surface area contributed by atoms with E-state index in [0.29, 0.717) is 23.8 Å². The molecule has 1 saturated heterocycles. The number of carboxylic acids is 1. The highest BCUT2D eigenvalue weighted by Crippen LogP contribution is 2.22. The topological polar surface area (TPSA) is 75.6 Å². The van der Waals surface area contributed by atoms with Crippen LogP contribution >= 0.6 is 11.6 Å². The van der Waals surface area contributed by atoms with Gasteiger partial charge in [0.05, 0.1) is 17.2 Å². The standard InChI is InChI=1S/C15H18ClNO4/c1-9-4-2-6-11(12(9)16)14(18)17-13(15(19)20)10-5-3-7-21-8-10/h2,4,6,10,13H,3,5,7-8H2,1H3,(H,17,18)(H,19,20). The minimum atomic E-state index is -1.05. The maximum Gasteiger partial charge on any atom is 0.326 e. The first-order valence-corrected chi connectivity index (χ1v) is 7.25. The second kappa shape index (κ2) is 6.91. The number of aliphatic carboxylic acids is 1. The lowest BCUT2D eigenvalue weighted by molar-refractivity contribution is -0.142. The van der Waals surface area contributed by atoms with E-state index in [-0.39, 0.29) is 5.92 Å². The molecule has 2 rings (SSSR count). The zero-order valence-electron chi connectivity index (χ0n) is 11.8. The number of halogens is 1. The van der Waals surface area contributed by atoms with Gasteiger partial charge >= 0.3 is 5.97 Å². The summed E-state index contributed by atoms with van der Waals surface area (Å²) in [5.41, 5.74) is 1.07. The van der Waals surface area contributed by atoms with E-state index in [9.17, 15) is 14.7 Å². The Labute approximate surface area is 128 Å². The first kappa shape index (κ1) is 15.8. The fourth-order valence-electron chi connectivity index (χ4n) is 2.45. The molecule has 1 aromatic rings. The van der Waals surface area contributed by atoms with Gasteiger partial charge in [-0.25, -0.2) is 4.79 Å². The second-order valence-electron chi connectivity index (χ2n) is 5.20. The van der Waals surface area contributed by atoms with Crippen LogP contribution in [0.3, 0.4) is 0 Å². The van der Waals surface area contributed by atoms with Crippen LogP contribution in [0, 0.1) is 12.8 Å². The number of carboxylic acid groups (broad SMARTS) is 1. The third-order valence-corrected chi connectivity index (χ3v) is 4.16. The van der Waals surface area contributed by atoms with Gasteiger partial charge in [0.2, 0.25) is 0 Å². The first-order chi connectivity index (χ1) is 10.0. The highest BCUT2D eigenvalue weighted by molar-refractivity contribution is 6.34. The minimum Gasteiger partial charge on any atom is -0.480 e. The van der Waals surface area contributed by atoms with Crippen molar-refractivity contribution in [2.75, 3.05) is 13.2 Å². The van der Waals surface area contributed by atoms with Crippen molar-refractivity contribution in [2.45, 2.75) is 25.8 Å². The van der Waals surface area contributed by atoms with Gasteiger partial charge in [-0.05, 0) is 31.4 Å². The summed E-state index contributed by atoms with van der Waals surface area (Å²) in [6.45, 7) is 2.78. The van der Waals surface area contributed by atoms with Crippen LogP contribution in [-0.2, 0) is 9.53 Å². The van der Waals surface area contributed by atoms with E-state index >= 15 is 0 Å². The van der Waals surface area contributed by atoms with Gasteiger partial charge in [-0.2, -0.15) is 0 Å². The normalized spacial score (nSPS) is 19.8. The summed E-state index contributed by atoms with van der Waals surface area (Å²) in [7, 11) is 0. The van der Waals surface area contributed by atoms with Crippen molar-refractivity contribution in [3.05, 3.63) is 34.3 Å². The lowest BCUT2D eigenvalue weighted by atomic mass is 9.93. The summed E-state index contributed by atoms with van der Waals surface area (Å²) in [6.07, 6.45) is 1.52. The maximum absolute atomic E-state index is 12.3. The van der Waals surface area contributed by atoms with Crippen LogP contribution in [0.4, 0.5) is 0 Å². The van der Waals surface area contributed by atoms with Crippen LogP contribution < -0.4 is 5.32 Å². The van der Waals surface area contributed by atoms with Crippen LogP contribution in [0.25, 0.3) is 0 Å². The van der Waals surface area contributed by atoms with E-state index in [2.05, 4.69) is 5.32 Å². The van der Waals surface area contributed by atoms with Gasteiger partial charge in [-0.15, -0.1) is 0 Å². The molecule has 0 aromatic heterocycles. The van der Waals surface area contributed by atoms with E-state index in [1.807, 2.05) is 0 Å². The molecule has 2 N–H and O–H groups in total. The Bertz CT molecular complexity index is 540. The average Bonchev–Trinajstić information content (AvgIpc) is 2.48. The van der Waals surface area contributed by atoms with E-state index in [4.69, 9.17) is 16.3 Å². The van der Waals surface area contributed by atoms with Crippen LogP contribution in [0.15, 0.2) is 18.2 Å². The number of ether oxygens (including phenoxy) is 1. The summed E-state index contributed by atoms with van der Waals surface area (Å²) in [5, 5.41) is 12.3. The zero-order valence-corrected chi connectivity index (χ0v) is 12.5. The Balaban J connectivity index is 2.14. The molecule has 1 amide bonds. The van der Waals surface area contributed by atoms with Crippen molar-refractivity contribution in [3.63, 3.8) is 0 Å². The fraction of sp³-hybridized carbons (Fsp3) is 0.467. The molecule has 2 unspecified atom stereocenters. The largest absolute Gasteiger partial charge is 0.480 e. The molecule has 2 atom stereocenters. The molecular formula is C15H18ClNO4. The molecule has 1 aromatic carbocycles. The number of carbonyl (C=O) groups is 2. The van der Waals surface area contributed by atoms with Gasteiger partial charge in [0.1, 0.15) is 6.04 Å². The predicted molar refractivity (Wildman–Crippen MR) is 78.6 cm³/mol. The number of amides is 1. The molecule has 1 heterocycles. The van der Waals surface area contributed by atoms with E-state index < -0.39 is 17.9 Å². The quantitative estimate of drug-likeness (QED) is 0.894. The van der Waals surface area contributed by atoms with Crippen molar-refractivity contribution in [1.29, 1.82) is 0 Å². The molecular weight excluding hydrogens is 294 g/mol. The second-order valence-corrected chi connectivity index (χ2v) is 5.58. The lowest BCUT2D eigenvalue weighted by Crippen LogP contribution is -2.48. The number of nitrogens with one attached hydrogen (secondary N) is 1. The van der Waals surface area contributed by atoms with Gasteiger partial charge in [-0.1, -0.05) is 23.7 Å². The maximum atomic E-state index is 12.3. The number of aryl methyl sites for hydroxylation is 1. The Hall–Kier alpha value is -1.59. The third-order valence-electron chi connectivity index (χ3n) is 3.66. The van der Waals surface area contributed by atoms with E-state index in [1.165, 1.54) is 0 Å². The molecule has 114 valence electrons. The monoisotopic (exact) mass is 311 g/mol. The zero-order chi connectivity index (χ0) is 15.4. The van der Waals surface area contributed by atoms with Gasteiger partial charge in [0, 0.05) is 12.5 Å². The van der Waals surface area contributed by atoms with E-state index in [0.717, 1.165) is 18.4 Å². The molecule has 21 heavy (non-hydrogen) atoms. The van der Waals surface area contributed by atoms with Crippen molar-refractivity contribution in [3.8, 4) is 0 Å². The van der Waals surface area contributed by atoms with E-state index in [1.54, 1.807) is 25.1 Å². The summed E-state index contributed by atoms with van der Waals surface area (Å²) < 4.78 is 5.30. The summed E-state index contributed by atoms with van der Waals surface area (Å²) >= 11 is 6.10. The van der Waals surface area contributed by atoms with Crippen molar-refractivity contribution in [2.24, 2.45) is 5.92 Å². The SMILES string of the molecule is Cc1cccc(C(=O)NC(C(=O)O)C2CCCOC2)c1Cl. The lowest BCUT2D eigenvalue weighted by Gasteiger charge is -2.28. The molecule has 1 aliphatic rings. The molecule has 1 aliphatic heterocycles. The number of hydrogen-bond acceptors (Lipinski definition) is 3. The van der Waals surface area contributed by atoms with Crippen LogP contribution in [-0.4, -0.2) is 36.2 Å². The van der Waals surface area contributed by atoms with Gasteiger partial charge in [-0.3, -0.25) is 4.79 Å². The van der Waals surface area contributed by atoms with Crippen molar-refractivity contribution in [1.82, 2.24) is 5.32 Å². The molecule has 6 heteroatoms. The van der Waals surface area contributed by atoms with Crippen molar-refractivity contribution < 1.29 is 19.4 Å². The Morgan fingerprint density at radius 3 is 2.86 bits per heavy atom. The summed E-state index contributed by atoms with van der Waals surface area (Å²) in [6, 6.07) is 4.13. The van der Waals surface area contributed by atoms with Crippen molar-refractivity contribution >= 4 is 23.5 Å². The highest BCUT2D eigenvalue weighted by Gasteiger charge is 2.32. The van der Waals surface area contributed by atoms with Crippen LogP contribution in [0.1, 0.15) is 28.8 Å². The highest BCUT2D eigenvalue weighted by atomic mass is 35.5. The average molecular weight is 312 g/mol. The first-order valence-electron chi connectivity index (χ1n) is 6.87. The van der Waals surface area contributed by atoms with Crippen LogP contribution in [0.5, 0.6) is 0 Å².